The lowest BCUT2D eigenvalue weighted by molar-refractivity contribution is 0.532. The lowest BCUT2D eigenvalue weighted by Crippen LogP contribution is -1.85. The lowest BCUT2D eigenvalue weighted by Gasteiger charge is -2.04. The summed E-state index contributed by atoms with van der Waals surface area (Å²) in [6, 6.07) is 0. The summed E-state index contributed by atoms with van der Waals surface area (Å²) in [6.07, 6.45) is 41.0. The summed E-state index contributed by atoms with van der Waals surface area (Å²) in [7, 11) is 4.28. The molecule has 0 bridgehead atoms. The van der Waals surface area contributed by atoms with Crippen LogP contribution >= 0.6 is 21.6 Å². The second-order valence-corrected chi connectivity index (χ2v) is 13.5. The van der Waals surface area contributed by atoms with Gasteiger partial charge in [-0.25, -0.2) is 0 Å². The molecule has 0 aromatic carbocycles. The Balaban J connectivity index is 2.99. The van der Waals surface area contributed by atoms with Crippen LogP contribution in [0.1, 0.15) is 194 Å². The third-order valence-electron chi connectivity index (χ3n) is 7.25. The highest BCUT2D eigenvalue weighted by Crippen LogP contribution is 2.25. The van der Waals surface area contributed by atoms with Crippen LogP contribution in [0.5, 0.6) is 0 Å². The van der Waals surface area contributed by atoms with Gasteiger partial charge < -0.3 is 0 Å². The predicted octanol–water partition coefficient (Wildman–Crippen LogP) is 13.3. The number of hydrogen-bond acceptors (Lipinski definition) is 2. The van der Waals surface area contributed by atoms with Crippen LogP contribution in [0.2, 0.25) is 0 Å². The Kier molecular flexibility index (Phi) is 34.4. The van der Waals surface area contributed by atoms with Crippen molar-refractivity contribution in [2.45, 2.75) is 194 Å². The van der Waals surface area contributed by atoms with Gasteiger partial charge in [0.2, 0.25) is 0 Å². The molecule has 0 atom stereocenters. The molecule has 0 aliphatic heterocycles. The van der Waals surface area contributed by atoms with Crippen LogP contribution in [-0.2, 0) is 0 Å². The van der Waals surface area contributed by atoms with E-state index >= 15 is 0 Å². The zero-order valence-corrected chi connectivity index (χ0v) is 25.7. The summed E-state index contributed by atoms with van der Waals surface area (Å²) in [4.78, 5) is 0. The van der Waals surface area contributed by atoms with Crippen LogP contribution in [0.15, 0.2) is 0 Å². The molecule has 0 radical (unpaired) electrons. The van der Waals surface area contributed by atoms with Gasteiger partial charge >= 0.3 is 0 Å². The van der Waals surface area contributed by atoms with Gasteiger partial charge in [-0.2, -0.15) is 0 Å². The monoisotopic (exact) mass is 514 g/mol. The van der Waals surface area contributed by atoms with Crippen molar-refractivity contribution in [2.75, 3.05) is 11.5 Å². The smallest absolute Gasteiger partial charge is 0.00369 e. The van der Waals surface area contributed by atoms with Crippen LogP contribution in [-0.4, -0.2) is 11.5 Å². The SMILES string of the molecule is CCCCCCCCCCCCCCCCCCSSCCCCCCCCCCCCCC. The third-order valence-corrected chi connectivity index (χ3v) is 9.82. The van der Waals surface area contributed by atoms with Gasteiger partial charge in [0.15, 0.2) is 0 Å². The minimum absolute atomic E-state index is 1.37. The van der Waals surface area contributed by atoms with Crippen molar-refractivity contribution in [2.24, 2.45) is 0 Å². The lowest BCUT2D eigenvalue weighted by atomic mass is 10.0. The Bertz CT molecular complexity index is 299. The summed E-state index contributed by atoms with van der Waals surface area (Å²) in [5, 5.41) is 0. The molecule has 0 aromatic rings. The van der Waals surface area contributed by atoms with E-state index in [-0.39, 0.29) is 0 Å². The minimum atomic E-state index is 1.37. The minimum Gasteiger partial charge on any atom is -0.0942 e. The van der Waals surface area contributed by atoms with Gasteiger partial charge in [-0.1, -0.05) is 202 Å². The van der Waals surface area contributed by atoms with Crippen molar-refractivity contribution in [1.82, 2.24) is 0 Å². The molecule has 0 rings (SSSR count). The quantitative estimate of drug-likeness (QED) is 0.0666. The van der Waals surface area contributed by atoms with E-state index < -0.39 is 0 Å². The second kappa shape index (κ2) is 33.7. The Morgan fingerprint density at radius 2 is 0.412 bits per heavy atom. The van der Waals surface area contributed by atoms with Gasteiger partial charge in [0.05, 0.1) is 0 Å². The highest BCUT2D eigenvalue weighted by atomic mass is 33.1. The maximum Gasteiger partial charge on any atom is 0.00369 e. The van der Waals surface area contributed by atoms with Gasteiger partial charge in [-0.15, -0.1) is 0 Å². The van der Waals surface area contributed by atoms with E-state index in [9.17, 15) is 0 Å². The second-order valence-electron chi connectivity index (χ2n) is 10.8. The van der Waals surface area contributed by atoms with Crippen LogP contribution in [0, 0.1) is 0 Å². The average molecular weight is 515 g/mol. The van der Waals surface area contributed by atoms with Crippen molar-refractivity contribution in [1.29, 1.82) is 0 Å². The predicted molar refractivity (Wildman–Crippen MR) is 166 cm³/mol. The Labute approximate surface area is 226 Å². The molecule has 2 heteroatoms. The molecular formula is C32H66S2. The highest BCUT2D eigenvalue weighted by molar-refractivity contribution is 8.76. The largest absolute Gasteiger partial charge is 0.0942 e. The molecule has 206 valence electrons. The van der Waals surface area contributed by atoms with Crippen molar-refractivity contribution in [3.63, 3.8) is 0 Å². The summed E-state index contributed by atoms with van der Waals surface area (Å²) >= 11 is 0. The Morgan fingerprint density at radius 1 is 0.235 bits per heavy atom. The first kappa shape index (κ1) is 34.7. The van der Waals surface area contributed by atoms with Crippen molar-refractivity contribution in [3.05, 3.63) is 0 Å². The van der Waals surface area contributed by atoms with Gasteiger partial charge in [-0.3, -0.25) is 0 Å². The van der Waals surface area contributed by atoms with E-state index in [1.165, 1.54) is 191 Å². The van der Waals surface area contributed by atoms with Crippen LogP contribution in [0.4, 0.5) is 0 Å². The molecule has 0 amide bonds. The molecule has 0 N–H and O–H groups in total. The van der Waals surface area contributed by atoms with Crippen molar-refractivity contribution < 1.29 is 0 Å². The molecule has 0 spiro atoms. The first-order valence-corrected chi connectivity index (χ1v) is 18.6. The summed E-state index contributed by atoms with van der Waals surface area (Å²) < 4.78 is 0. The first-order chi connectivity index (χ1) is 16.9. The molecule has 0 fully saturated rings. The maximum absolute atomic E-state index is 2.31. The van der Waals surface area contributed by atoms with E-state index in [1.54, 1.807) is 0 Å². The zero-order chi connectivity index (χ0) is 24.6. The van der Waals surface area contributed by atoms with Crippen molar-refractivity contribution >= 4 is 21.6 Å². The molecule has 0 unspecified atom stereocenters. The average Bonchev–Trinajstić information content (AvgIpc) is 2.85. The van der Waals surface area contributed by atoms with E-state index in [2.05, 4.69) is 35.4 Å². The van der Waals surface area contributed by atoms with Gasteiger partial charge in [0.25, 0.3) is 0 Å². The Hall–Kier alpha value is 0.700. The fourth-order valence-electron chi connectivity index (χ4n) is 4.83. The van der Waals surface area contributed by atoms with Crippen LogP contribution < -0.4 is 0 Å². The fourth-order valence-corrected chi connectivity index (χ4v) is 7.12. The van der Waals surface area contributed by atoms with E-state index in [4.69, 9.17) is 0 Å². The summed E-state index contributed by atoms with van der Waals surface area (Å²) in [6.45, 7) is 4.61. The van der Waals surface area contributed by atoms with Gasteiger partial charge in [-0.05, 0) is 12.8 Å². The molecule has 0 nitrogen and oxygen atoms in total. The molecule has 0 aliphatic carbocycles. The van der Waals surface area contributed by atoms with E-state index in [1.807, 2.05) is 0 Å². The molecule has 0 heterocycles. The Morgan fingerprint density at radius 3 is 0.618 bits per heavy atom. The molecule has 0 saturated heterocycles. The van der Waals surface area contributed by atoms with Crippen LogP contribution in [0.25, 0.3) is 0 Å². The first-order valence-electron chi connectivity index (χ1n) is 16.2. The number of unbranched alkanes of at least 4 members (excludes halogenated alkanes) is 26. The van der Waals surface area contributed by atoms with Gasteiger partial charge in [0, 0.05) is 11.5 Å². The topological polar surface area (TPSA) is 0 Å². The zero-order valence-electron chi connectivity index (χ0n) is 24.0. The highest BCUT2D eigenvalue weighted by Gasteiger charge is 1.97. The molecule has 0 aromatic heterocycles. The van der Waals surface area contributed by atoms with Crippen molar-refractivity contribution in [3.8, 4) is 0 Å². The molecule has 34 heavy (non-hydrogen) atoms. The number of rotatable bonds is 31. The normalized spacial score (nSPS) is 11.5. The van der Waals surface area contributed by atoms with Crippen LogP contribution in [0.3, 0.4) is 0 Å². The van der Waals surface area contributed by atoms with E-state index in [0.29, 0.717) is 0 Å². The molecular weight excluding hydrogens is 448 g/mol. The molecule has 0 saturated carbocycles. The third kappa shape index (κ3) is 32.7. The standard InChI is InChI=1S/C32H66S2/c1-3-5-7-9-11-13-15-17-18-19-20-22-24-26-28-30-32-34-33-31-29-27-25-23-21-16-14-12-10-8-6-4-2/h3-32H2,1-2H3. The molecule has 0 aliphatic rings. The fraction of sp³-hybridized carbons (Fsp3) is 1.00. The summed E-state index contributed by atoms with van der Waals surface area (Å²) in [5.41, 5.74) is 0. The van der Waals surface area contributed by atoms with Gasteiger partial charge in [0.1, 0.15) is 0 Å². The summed E-state index contributed by atoms with van der Waals surface area (Å²) in [5.74, 6) is 2.75. The number of hydrogen-bond donors (Lipinski definition) is 0. The van der Waals surface area contributed by atoms with E-state index in [0.717, 1.165) is 0 Å². The maximum atomic E-state index is 2.31.